The first-order chi connectivity index (χ1) is 37.1. The second-order valence-corrected chi connectivity index (χ2v) is 26.9. The minimum absolute atomic E-state index is 0.0528. The second kappa shape index (κ2) is 20.4. The number of allylic oxidation sites excluding steroid dienone is 2. The third-order valence-electron chi connectivity index (χ3n) is 23.9. The molecule has 9 aliphatic rings. The predicted octanol–water partition coefficient (Wildman–Crippen LogP) is 1.50. The molecule has 21 nitrogen and oxygen atoms in total. The lowest BCUT2D eigenvalue weighted by atomic mass is 9.27. The van der Waals surface area contributed by atoms with E-state index in [1.165, 1.54) is 6.33 Å². The van der Waals surface area contributed by atoms with E-state index >= 15 is 0 Å². The second-order valence-electron chi connectivity index (χ2n) is 26.9. The molecule has 24 atom stereocenters. The van der Waals surface area contributed by atoms with Crippen LogP contribution in [0, 0.1) is 85.8 Å². The Balaban J connectivity index is 1.14. The topological polar surface area (TPSA) is 362 Å². The number of nitrogens with one attached hydrogen (secondary N) is 4. The van der Waals surface area contributed by atoms with Crippen molar-refractivity contribution in [2.24, 2.45) is 91.5 Å². The standard InChI is InChI=1S/C57H87N7O14/c1-52(23-66)13-14-56(51(75)76)33(18-52)30-9-10-40-54(3,55(30,4)31-16-35-48(63-26-62-35)60-19-34(31)56)12-11-39-53(2,24-67)47(78-50-46(73)45(72)38(69)22-77-50)44(71)32(57(39,40)27-7-5-6-8-27)15-28-29(21-65)49(74)64-43(28)42(36-20-59-25-61-36)37(68)17-41(58)70/h9,20,25-29,31-34,37-47,50,60,65-73H,5-8,10-19,21-24,58H2,1-4H3,(H,59,61)(H,62,63)(H,64,74)(H,75,76)/t28-,29+,31-,32+,33-,34-,37+,38+,39+,40-,41-,42-,43-,44+,45-,46+,47+,50-,52-,53-,54+,55-,56+,57-/m0/s1. The van der Waals surface area contributed by atoms with Crippen LogP contribution in [0.2, 0.25) is 0 Å². The monoisotopic (exact) mass is 1090 g/mol. The first-order valence-electron chi connectivity index (χ1n) is 29.0. The summed E-state index contributed by atoms with van der Waals surface area (Å²) in [6.45, 7) is 7.70. The molecule has 0 spiro atoms. The van der Waals surface area contributed by atoms with Gasteiger partial charge in [0, 0.05) is 48.8 Å². The highest BCUT2D eigenvalue weighted by atomic mass is 16.7. The van der Waals surface area contributed by atoms with Gasteiger partial charge in [0.25, 0.3) is 0 Å². The molecule has 0 bridgehead atoms. The molecule has 2 saturated heterocycles. The Morgan fingerprint density at radius 2 is 1.69 bits per heavy atom. The summed E-state index contributed by atoms with van der Waals surface area (Å²) in [6.07, 6.45) is 2.27. The lowest BCUT2D eigenvalue weighted by Crippen LogP contribution is -2.76. The van der Waals surface area contributed by atoms with E-state index in [4.69, 9.17) is 20.2 Å². The van der Waals surface area contributed by atoms with Gasteiger partial charge in [-0.05, 0) is 133 Å². The molecule has 5 saturated carbocycles. The van der Waals surface area contributed by atoms with Gasteiger partial charge in [-0.2, -0.15) is 0 Å². The summed E-state index contributed by atoms with van der Waals surface area (Å²) < 4.78 is 12.8. The van der Waals surface area contributed by atoms with Gasteiger partial charge >= 0.3 is 5.97 Å². The Labute approximate surface area is 455 Å². The number of carbonyl (C=O) groups is 2. The molecule has 7 fully saturated rings. The van der Waals surface area contributed by atoms with E-state index in [9.17, 15) is 60.7 Å². The van der Waals surface area contributed by atoms with Crippen molar-refractivity contribution in [2.45, 2.75) is 172 Å². The molecular weight excluding hydrogens is 1010 g/mol. The molecular formula is C57H87N7O14. The molecule has 78 heavy (non-hydrogen) atoms. The van der Waals surface area contributed by atoms with Crippen LogP contribution in [0.3, 0.4) is 0 Å². The zero-order valence-corrected chi connectivity index (χ0v) is 45.6. The number of nitrogens with zero attached hydrogens (tertiary/aromatic N) is 2. The molecule has 21 heteroatoms. The molecule has 3 aliphatic heterocycles. The quantitative estimate of drug-likeness (QED) is 0.0724. The van der Waals surface area contributed by atoms with Crippen molar-refractivity contribution in [3.8, 4) is 0 Å². The van der Waals surface area contributed by atoms with Crippen LogP contribution in [-0.4, -0.2) is 171 Å². The molecule has 0 unspecified atom stereocenters. The summed E-state index contributed by atoms with van der Waals surface area (Å²) in [6, 6.07) is -0.886. The summed E-state index contributed by atoms with van der Waals surface area (Å²) in [5.74, 6) is -5.77. The summed E-state index contributed by atoms with van der Waals surface area (Å²) in [7, 11) is 0. The SMILES string of the molecule is C[C@]1(CO)CC[C@@]2(C(=O)O)[C@@H](C1)C1=CC[C@@H]3[C@@]4(C5CCCC5)[C@H](C[C@@H]5[C@@H]([C@@H](c6cnc[nH]6)[C@H](O)C[C@@H](N)O)NC(=O)[C@@H]5CO)[C@@H](O)[C@@H](O[C@@H]5OC[C@@H](O)[C@H](O)[C@H]5O)[C@@](C)(CO)[C@H]4CC[C@@]3(C)[C@]1(C)[C@H]1Cc3[nH]cnc3NC[C@@H]12. The molecule has 5 heterocycles. The molecule has 16 N–H and O–H groups in total. The first kappa shape index (κ1) is 56.3. The lowest BCUT2D eigenvalue weighted by molar-refractivity contribution is -0.350. The number of ether oxygens (including phenoxy) is 2. The number of hydrogen-bond acceptors (Lipinski definition) is 17. The number of carbonyl (C=O) groups excluding carboxylic acids is 1. The van der Waals surface area contributed by atoms with Crippen LogP contribution in [0.15, 0.2) is 30.5 Å². The van der Waals surface area contributed by atoms with E-state index in [0.29, 0.717) is 63.0 Å². The van der Waals surface area contributed by atoms with Crippen molar-refractivity contribution in [2.75, 3.05) is 38.3 Å². The highest BCUT2D eigenvalue weighted by Gasteiger charge is 2.79. The fraction of sp³-hybridized carbons (Fsp3) is 0.825. The molecule has 434 valence electrons. The molecule has 11 rings (SSSR count). The third-order valence-corrected chi connectivity index (χ3v) is 23.9. The molecule has 6 aliphatic carbocycles. The van der Waals surface area contributed by atoms with Crippen molar-refractivity contribution in [1.29, 1.82) is 0 Å². The lowest BCUT2D eigenvalue weighted by Gasteiger charge is -2.77. The maximum Gasteiger partial charge on any atom is 0.310 e. The largest absolute Gasteiger partial charge is 0.481 e. The van der Waals surface area contributed by atoms with Gasteiger partial charge in [0.05, 0.1) is 67.8 Å². The Morgan fingerprint density at radius 1 is 0.936 bits per heavy atom. The Morgan fingerprint density at radius 3 is 2.36 bits per heavy atom. The maximum absolute atomic E-state index is 14.5. The number of carboxylic acid groups (broad SMARTS) is 1. The highest BCUT2D eigenvalue weighted by Crippen LogP contribution is 2.81. The average Bonchev–Trinajstić information content (AvgIpc) is 1.49. The van der Waals surface area contributed by atoms with Crippen LogP contribution in [0.5, 0.6) is 0 Å². The number of hydrogen-bond donors (Lipinski definition) is 15. The number of imidazole rings is 2. The smallest absolute Gasteiger partial charge is 0.310 e. The minimum atomic E-state index is -1.72. The Bertz CT molecular complexity index is 2550. The van der Waals surface area contributed by atoms with E-state index in [1.807, 2.05) is 6.92 Å². The van der Waals surface area contributed by atoms with Gasteiger partial charge in [0.2, 0.25) is 5.91 Å². The van der Waals surface area contributed by atoms with Gasteiger partial charge in [-0.15, -0.1) is 0 Å². The van der Waals surface area contributed by atoms with Crippen LogP contribution >= 0.6 is 0 Å². The van der Waals surface area contributed by atoms with E-state index in [2.05, 4.69) is 52.4 Å². The number of rotatable bonds is 14. The van der Waals surface area contributed by atoms with E-state index in [0.717, 1.165) is 37.0 Å². The number of aliphatic carboxylic acids is 1. The molecule has 2 aromatic rings. The third kappa shape index (κ3) is 8.03. The summed E-state index contributed by atoms with van der Waals surface area (Å²) in [5, 5.41) is 123. The number of aromatic nitrogens is 4. The van der Waals surface area contributed by atoms with E-state index < -0.39 is 148 Å². The predicted molar refractivity (Wildman–Crippen MR) is 280 cm³/mol. The van der Waals surface area contributed by atoms with E-state index in [-0.39, 0.29) is 49.7 Å². The minimum Gasteiger partial charge on any atom is -0.481 e. The zero-order valence-electron chi connectivity index (χ0n) is 45.6. The van der Waals surface area contributed by atoms with Crippen molar-refractivity contribution in [1.82, 2.24) is 25.3 Å². The fourth-order valence-electron chi connectivity index (χ4n) is 20.1. The van der Waals surface area contributed by atoms with Gasteiger partial charge in [-0.3, -0.25) is 9.59 Å². The number of aliphatic hydroxyl groups excluding tert-OH is 9. The average molecular weight is 1090 g/mol. The van der Waals surface area contributed by atoms with Gasteiger partial charge in [-0.25, -0.2) is 9.97 Å². The van der Waals surface area contributed by atoms with E-state index in [1.54, 1.807) is 12.5 Å². The fourth-order valence-corrected chi connectivity index (χ4v) is 20.1. The van der Waals surface area contributed by atoms with Crippen LogP contribution in [0.4, 0.5) is 5.82 Å². The van der Waals surface area contributed by atoms with Gasteiger partial charge in [0.15, 0.2) is 6.29 Å². The Kier molecular flexibility index (Phi) is 14.7. The van der Waals surface area contributed by atoms with Gasteiger partial charge < -0.3 is 86.9 Å². The van der Waals surface area contributed by atoms with Crippen molar-refractivity contribution < 1.29 is 70.1 Å². The summed E-state index contributed by atoms with van der Waals surface area (Å²) >= 11 is 0. The van der Waals surface area contributed by atoms with Crippen LogP contribution < -0.4 is 16.4 Å². The summed E-state index contributed by atoms with van der Waals surface area (Å²) in [5.41, 5.74) is 3.29. The van der Waals surface area contributed by atoms with Crippen molar-refractivity contribution >= 4 is 17.7 Å². The molecule has 0 aromatic carbocycles. The highest BCUT2D eigenvalue weighted by molar-refractivity contribution is 5.82. The first-order valence-corrected chi connectivity index (χ1v) is 29.0. The Hall–Kier alpha value is -3.58. The zero-order chi connectivity index (χ0) is 55.6. The van der Waals surface area contributed by atoms with Gasteiger partial charge in [0.1, 0.15) is 30.4 Å². The molecule has 2 aromatic heterocycles. The number of amides is 1. The number of aliphatic hydroxyl groups is 9. The van der Waals surface area contributed by atoms with Crippen LogP contribution in [0.25, 0.3) is 0 Å². The molecule has 1 amide bonds. The normalized spacial score (nSPS) is 47.3. The number of nitrogens with two attached hydrogens (primary N) is 1. The van der Waals surface area contributed by atoms with Crippen molar-refractivity contribution in [3.63, 3.8) is 0 Å². The number of carboxylic acids is 1. The summed E-state index contributed by atoms with van der Waals surface area (Å²) in [4.78, 5) is 44.5. The number of aromatic amines is 2. The molecule has 0 radical (unpaired) electrons. The number of H-pyrrole nitrogens is 2. The maximum atomic E-state index is 14.5. The van der Waals surface area contributed by atoms with Crippen LogP contribution in [-0.2, 0) is 25.5 Å². The van der Waals surface area contributed by atoms with Gasteiger partial charge in [-0.1, -0.05) is 52.2 Å². The van der Waals surface area contributed by atoms with Crippen LogP contribution in [0.1, 0.15) is 122 Å². The number of fused-ring (bicyclic) bond motifs is 11. The number of anilines is 1. The van der Waals surface area contributed by atoms with Crippen molar-refractivity contribution in [3.05, 3.63) is 41.9 Å².